The molecule has 148 valence electrons. The predicted octanol–water partition coefficient (Wildman–Crippen LogP) is 2.99. The van der Waals surface area contributed by atoms with Gasteiger partial charge in [-0.2, -0.15) is 0 Å². The van der Waals surface area contributed by atoms with Crippen molar-refractivity contribution in [1.82, 2.24) is 15.1 Å². The number of likely N-dealkylation sites (tertiary alicyclic amines) is 1. The Morgan fingerprint density at radius 1 is 1.11 bits per heavy atom. The number of hydrogen-bond acceptors (Lipinski definition) is 4. The Bertz CT molecular complexity index is 880. The molecule has 0 unspecified atom stereocenters. The molecular weight excluding hydrogens is 358 g/mol. The summed E-state index contributed by atoms with van der Waals surface area (Å²) in [5.41, 5.74) is -0.664. The second-order valence-corrected chi connectivity index (χ2v) is 7.74. The van der Waals surface area contributed by atoms with Gasteiger partial charge in [0.1, 0.15) is 17.9 Å². The summed E-state index contributed by atoms with van der Waals surface area (Å²) in [6.07, 6.45) is 5.34. The van der Waals surface area contributed by atoms with Crippen LogP contribution in [0, 0.1) is 0 Å². The Morgan fingerprint density at radius 2 is 1.79 bits per heavy atom. The SMILES string of the molecule is C[C@]1(c2cc3ccccc3o2)NC(=O)N(CC(=O)N2CCCCCCC2)C1=O. The predicted molar refractivity (Wildman–Crippen MR) is 103 cm³/mol. The van der Waals surface area contributed by atoms with Gasteiger partial charge in [-0.05, 0) is 31.9 Å². The Labute approximate surface area is 163 Å². The lowest BCUT2D eigenvalue weighted by Gasteiger charge is -2.26. The summed E-state index contributed by atoms with van der Waals surface area (Å²) in [6.45, 7) is 2.75. The fraction of sp³-hybridized carbons (Fsp3) is 0.476. The second kappa shape index (κ2) is 7.30. The molecule has 0 bridgehead atoms. The van der Waals surface area contributed by atoms with Crippen molar-refractivity contribution >= 4 is 28.8 Å². The van der Waals surface area contributed by atoms with E-state index in [9.17, 15) is 14.4 Å². The molecule has 2 aliphatic rings. The molecule has 0 spiro atoms. The van der Waals surface area contributed by atoms with Crippen LogP contribution in [0.3, 0.4) is 0 Å². The molecule has 2 aliphatic heterocycles. The van der Waals surface area contributed by atoms with Crippen LogP contribution in [0.1, 0.15) is 44.8 Å². The minimum atomic E-state index is -1.31. The third-order valence-electron chi connectivity index (χ3n) is 5.70. The maximum Gasteiger partial charge on any atom is 0.325 e. The quantitative estimate of drug-likeness (QED) is 0.826. The number of furan rings is 1. The van der Waals surface area contributed by atoms with Crippen LogP contribution in [0.15, 0.2) is 34.7 Å². The molecule has 0 saturated carbocycles. The van der Waals surface area contributed by atoms with E-state index < -0.39 is 17.5 Å². The molecule has 7 heteroatoms. The molecule has 1 N–H and O–H groups in total. The van der Waals surface area contributed by atoms with Gasteiger partial charge >= 0.3 is 6.03 Å². The lowest BCUT2D eigenvalue weighted by Crippen LogP contribution is -2.45. The summed E-state index contributed by atoms with van der Waals surface area (Å²) in [7, 11) is 0. The second-order valence-electron chi connectivity index (χ2n) is 7.74. The van der Waals surface area contributed by atoms with Crippen molar-refractivity contribution in [1.29, 1.82) is 0 Å². The number of para-hydroxylation sites is 1. The van der Waals surface area contributed by atoms with Crippen LogP contribution in [0.2, 0.25) is 0 Å². The molecular formula is C21H25N3O4. The number of rotatable bonds is 3. The first-order valence-electron chi connectivity index (χ1n) is 9.90. The van der Waals surface area contributed by atoms with Gasteiger partial charge in [-0.15, -0.1) is 0 Å². The van der Waals surface area contributed by atoms with Gasteiger partial charge in [0.05, 0.1) is 0 Å². The average Bonchev–Trinajstić information content (AvgIpc) is 3.17. The van der Waals surface area contributed by atoms with Gasteiger partial charge in [0.25, 0.3) is 5.91 Å². The molecule has 1 aromatic carbocycles. The number of urea groups is 1. The van der Waals surface area contributed by atoms with Crippen LogP contribution in [-0.2, 0) is 15.1 Å². The van der Waals surface area contributed by atoms with Gasteiger partial charge in [0, 0.05) is 18.5 Å². The first-order chi connectivity index (χ1) is 13.5. The van der Waals surface area contributed by atoms with E-state index in [2.05, 4.69) is 5.32 Å². The van der Waals surface area contributed by atoms with Gasteiger partial charge < -0.3 is 14.6 Å². The zero-order chi connectivity index (χ0) is 19.7. The van der Waals surface area contributed by atoms with Crippen molar-refractivity contribution in [2.24, 2.45) is 0 Å². The molecule has 0 radical (unpaired) electrons. The number of hydrogen-bond donors (Lipinski definition) is 1. The van der Waals surface area contributed by atoms with E-state index in [1.54, 1.807) is 17.9 Å². The van der Waals surface area contributed by atoms with E-state index in [-0.39, 0.29) is 12.5 Å². The monoisotopic (exact) mass is 383 g/mol. The number of fused-ring (bicyclic) bond motifs is 1. The zero-order valence-electron chi connectivity index (χ0n) is 16.1. The summed E-state index contributed by atoms with van der Waals surface area (Å²) in [4.78, 5) is 41.1. The van der Waals surface area contributed by atoms with E-state index >= 15 is 0 Å². The number of amides is 4. The molecule has 2 fully saturated rings. The highest BCUT2D eigenvalue weighted by molar-refractivity contribution is 6.09. The molecule has 2 saturated heterocycles. The lowest BCUT2D eigenvalue weighted by molar-refractivity contribution is -0.139. The normalized spacial score (nSPS) is 23.6. The van der Waals surface area contributed by atoms with Crippen molar-refractivity contribution < 1.29 is 18.8 Å². The van der Waals surface area contributed by atoms with Crippen LogP contribution in [0.25, 0.3) is 11.0 Å². The Balaban J connectivity index is 1.52. The van der Waals surface area contributed by atoms with E-state index in [1.165, 1.54) is 6.42 Å². The Morgan fingerprint density at radius 3 is 2.50 bits per heavy atom. The van der Waals surface area contributed by atoms with E-state index in [1.807, 2.05) is 24.3 Å². The topological polar surface area (TPSA) is 82.9 Å². The fourth-order valence-electron chi connectivity index (χ4n) is 3.97. The lowest BCUT2D eigenvalue weighted by atomic mass is 9.99. The maximum atomic E-state index is 13.1. The first-order valence-corrected chi connectivity index (χ1v) is 9.90. The van der Waals surface area contributed by atoms with E-state index in [0.717, 1.165) is 36.0 Å². The highest BCUT2D eigenvalue weighted by Crippen LogP contribution is 2.33. The van der Waals surface area contributed by atoms with Gasteiger partial charge in [0.15, 0.2) is 5.54 Å². The van der Waals surface area contributed by atoms with Crippen LogP contribution >= 0.6 is 0 Å². The first kappa shape index (κ1) is 18.5. The van der Waals surface area contributed by atoms with Gasteiger partial charge in [-0.1, -0.05) is 37.5 Å². The number of carbonyl (C=O) groups is 3. The summed E-state index contributed by atoms with van der Waals surface area (Å²) in [5, 5.41) is 3.57. The molecule has 4 rings (SSSR count). The van der Waals surface area contributed by atoms with Gasteiger partial charge in [-0.25, -0.2) is 4.79 Å². The number of nitrogens with one attached hydrogen (secondary N) is 1. The largest absolute Gasteiger partial charge is 0.458 e. The van der Waals surface area contributed by atoms with Gasteiger partial charge in [0.2, 0.25) is 5.91 Å². The average molecular weight is 383 g/mol. The van der Waals surface area contributed by atoms with Crippen LogP contribution in [0.5, 0.6) is 0 Å². The summed E-state index contributed by atoms with van der Waals surface area (Å²) >= 11 is 0. The van der Waals surface area contributed by atoms with Crippen molar-refractivity contribution in [2.45, 2.75) is 44.6 Å². The smallest absolute Gasteiger partial charge is 0.325 e. The molecule has 3 heterocycles. The van der Waals surface area contributed by atoms with Crippen LogP contribution < -0.4 is 5.32 Å². The van der Waals surface area contributed by atoms with Gasteiger partial charge in [-0.3, -0.25) is 14.5 Å². The summed E-state index contributed by atoms with van der Waals surface area (Å²) < 4.78 is 5.82. The van der Waals surface area contributed by atoms with Crippen molar-refractivity contribution in [2.75, 3.05) is 19.6 Å². The number of imide groups is 1. The van der Waals surface area contributed by atoms with Crippen molar-refractivity contribution in [3.8, 4) is 0 Å². The highest BCUT2D eigenvalue weighted by Gasteiger charge is 2.51. The molecule has 28 heavy (non-hydrogen) atoms. The Hall–Kier alpha value is -2.83. The molecule has 0 aliphatic carbocycles. The standard InChI is InChI=1S/C21H25N3O4/c1-21(17-13-15-9-5-6-10-16(15)28-17)19(26)24(20(27)22-21)14-18(25)23-11-7-3-2-4-8-12-23/h5-6,9-10,13H,2-4,7-8,11-12,14H2,1H3,(H,22,27)/t21-/m1/s1. The zero-order valence-corrected chi connectivity index (χ0v) is 16.1. The van der Waals surface area contributed by atoms with Crippen LogP contribution in [-0.4, -0.2) is 47.3 Å². The Kier molecular flexibility index (Phi) is 4.83. The third-order valence-corrected chi connectivity index (χ3v) is 5.70. The van der Waals surface area contributed by atoms with E-state index in [4.69, 9.17) is 4.42 Å². The van der Waals surface area contributed by atoms with Crippen molar-refractivity contribution in [3.05, 3.63) is 36.1 Å². The molecule has 7 nitrogen and oxygen atoms in total. The molecule has 1 atom stereocenters. The molecule has 1 aromatic heterocycles. The minimum absolute atomic E-state index is 0.181. The van der Waals surface area contributed by atoms with Crippen molar-refractivity contribution in [3.63, 3.8) is 0 Å². The number of nitrogens with zero attached hydrogens (tertiary/aromatic N) is 2. The molecule has 4 amide bonds. The number of benzene rings is 1. The summed E-state index contributed by atoms with van der Waals surface area (Å²) in [5.74, 6) is -0.274. The minimum Gasteiger partial charge on any atom is -0.458 e. The summed E-state index contributed by atoms with van der Waals surface area (Å²) in [6, 6.07) is 8.63. The maximum absolute atomic E-state index is 13.1. The molecule has 2 aromatic rings. The van der Waals surface area contributed by atoms with Crippen LogP contribution in [0.4, 0.5) is 4.79 Å². The third kappa shape index (κ3) is 3.25. The highest BCUT2D eigenvalue weighted by atomic mass is 16.3. The van der Waals surface area contributed by atoms with E-state index in [0.29, 0.717) is 24.4 Å². The fourth-order valence-corrected chi connectivity index (χ4v) is 3.97. The number of carbonyl (C=O) groups excluding carboxylic acids is 3.